The van der Waals surface area contributed by atoms with Gasteiger partial charge in [-0.2, -0.15) is 0 Å². The van der Waals surface area contributed by atoms with Gasteiger partial charge in [0.2, 0.25) is 0 Å². The molecule has 3 aromatic rings. The second kappa shape index (κ2) is 12.3. The molecule has 0 radical (unpaired) electrons. The van der Waals surface area contributed by atoms with Crippen molar-refractivity contribution in [2.24, 2.45) is 0 Å². The standard InChI is InChI=1S/C30H32N2O6/c1-4-5-6-16-38-24-11-10-21(18-25(24)37-3)27-26(28(33)22-8-7-9-23(17-22)36-2)29(34)30(35)32(27)19-20-12-14-31-15-13-20/h7-15,17-18,27,33H,4-6,16,19H2,1-3H3/b28-26+. The van der Waals surface area contributed by atoms with Crippen molar-refractivity contribution in [3.63, 3.8) is 0 Å². The number of aromatic nitrogens is 1. The molecule has 0 bridgehead atoms. The number of hydrogen-bond acceptors (Lipinski definition) is 7. The summed E-state index contributed by atoms with van der Waals surface area (Å²) < 4.78 is 16.8. The number of Topliss-reactive ketones (excluding diaryl/α,β-unsaturated/α-hetero) is 1. The number of hydrogen-bond donors (Lipinski definition) is 1. The number of rotatable bonds is 11. The van der Waals surface area contributed by atoms with E-state index >= 15 is 0 Å². The van der Waals surface area contributed by atoms with Crippen molar-refractivity contribution in [1.29, 1.82) is 0 Å². The van der Waals surface area contributed by atoms with Gasteiger partial charge < -0.3 is 24.2 Å². The summed E-state index contributed by atoms with van der Waals surface area (Å²) in [6, 6.07) is 14.8. The highest BCUT2D eigenvalue weighted by Gasteiger charge is 2.46. The number of pyridine rings is 1. The molecule has 1 unspecified atom stereocenters. The maximum absolute atomic E-state index is 13.4. The molecule has 1 saturated heterocycles. The number of benzene rings is 2. The Bertz CT molecular complexity index is 1320. The Morgan fingerprint density at radius 1 is 0.974 bits per heavy atom. The van der Waals surface area contributed by atoms with E-state index in [9.17, 15) is 14.7 Å². The van der Waals surface area contributed by atoms with Crippen LogP contribution >= 0.6 is 0 Å². The third kappa shape index (κ3) is 5.64. The highest BCUT2D eigenvalue weighted by atomic mass is 16.5. The van der Waals surface area contributed by atoms with Crippen LogP contribution in [0, 0.1) is 0 Å². The molecule has 8 heteroatoms. The zero-order chi connectivity index (χ0) is 27.1. The van der Waals surface area contributed by atoms with Crippen LogP contribution in [0.25, 0.3) is 5.76 Å². The van der Waals surface area contributed by atoms with Crippen LogP contribution in [0.5, 0.6) is 17.2 Å². The molecular formula is C30H32N2O6. The number of aliphatic hydroxyl groups is 1. The molecule has 1 atom stereocenters. The summed E-state index contributed by atoms with van der Waals surface area (Å²) >= 11 is 0. The summed E-state index contributed by atoms with van der Waals surface area (Å²) in [4.78, 5) is 32.2. The van der Waals surface area contributed by atoms with Crippen LogP contribution in [0.15, 0.2) is 72.6 Å². The lowest BCUT2D eigenvalue weighted by Crippen LogP contribution is -2.29. The normalized spacial score (nSPS) is 16.5. The first kappa shape index (κ1) is 26.7. The minimum atomic E-state index is -0.850. The Morgan fingerprint density at radius 2 is 1.76 bits per heavy atom. The monoisotopic (exact) mass is 516 g/mol. The molecule has 0 saturated carbocycles. The van der Waals surface area contributed by atoms with Crippen LogP contribution in [0.4, 0.5) is 0 Å². The van der Waals surface area contributed by atoms with Crippen LogP contribution < -0.4 is 14.2 Å². The Hall–Kier alpha value is -4.33. The molecule has 2 aromatic carbocycles. The molecule has 8 nitrogen and oxygen atoms in total. The van der Waals surface area contributed by atoms with Gasteiger partial charge in [0.15, 0.2) is 11.5 Å². The van der Waals surface area contributed by atoms with Gasteiger partial charge >= 0.3 is 0 Å². The van der Waals surface area contributed by atoms with Crippen LogP contribution in [0.1, 0.15) is 48.9 Å². The molecule has 0 spiro atoms. The van der Waals surface area contributed by atoms with Crippen molar-refractivity contribution in [3.05, 3.63) is 89.3 Å². The van der Waals surface area contributed by atoms with Gasteiger partial charge in [-0.3, -0.25) is 14.6 Å². The van der Waals surface area contributed by atoms with Gasteiger partial charge in [0.05, 0.1) is 32.4 Å². The molecule has 1 aliphatic heterocycles. The van der Waals surface area contributed by atoms with E-state index in [1.54, 1.807) is 74.1 Å². The van der Waals surface area contributed by atoms with Crippen molar-refractivity contribution < 1.29 is 28.9 Å². The lowest BCUT2D eigenvalue weighted by Gasteiger charge is -2.26. The molecule has 1 aromatic heterocycles. The number of carbonyl (C=O) groups is 2. The number of methoxy groups -OCH3 is 2. The molecule has 4 rings (SSSR count). The molecule has 1 N–H and O–H groups in total. The summed E-state index contributed by atoms with van der Waals surface area (Å²) in [5.74, 6) is -0.161. The van der Waals surface area contributed by atoms with E-state index in [-0.39, 0.29) is 17.9 Å². The third-order valence-corrected chi connectivity index (χ3v) is 6.49. The Balaban J connectivity index is 1.80. The van der Waals surface area contributed by atoms with Gasteiger partial charge in [0, 0.05) is 24.5 Å². The first-order valence-electron chi connectivity index (χ1n) is 12.6. The maximum Gasteiger partial charge on any atom is 0.295 e. The first-order chi connectivity index (χ1) is 18.5. The number of carbonyl (C=O) groups excluding carboxylic acids is 2. The fraction of sp³-hybridized carbons (Fsp3) is 0.300. The van der Waals surface area contributed by atoms with E-state index in [4.69, 9.17) is 14.2 Å². The number of nitrogens with zero attached hydrogens (tertiary/aromatic N) is 2. The molecular weight excluding hydrogens is 484 g/mol. The van der Waals surface area contributed by atoms with E-state index < -0.39 is 17.7 Å². The van der Waals surface area contributed by atoms with Crippen molar-refractivity contribution in [2.75, 3.05) is 20.8 Å². The minimum absolute atomic E-state index is 0.00373. The lowest BCUT2D eigenvalue weighted by molar-refractivity contribution is -0.140. The number of amides is 1. The molecule has 1 amide bonds. The van der Waals surface area contributed by atoms with Gasteiger partial charge in [0.1, 0.15) is 11.5 Å². The average molecular weight is 517 g/mol. The maximum atomic E-state index is 13.4. The van der Waals surface area contributed by atoms with Gasteiger partial charge in [-0.1, -0.05) is 38.0 Å². The molecule has 198 valence electrons. The van der Waals surface area contributed by atoms with Crippen LogP contribution in [-0.4, -0.2) is 47.5 Å². The Kier molecular flexibility index (Phi) is 8.63. The van der Waals surface area contributed by atoms with Gasteiger partial charge in [-0.15, -0.1) is 0 Å². The summed E-state index contributed by atoms with van der Waals surface area (Å²) in [5.41, 5.74) is 1.78. The predicted octanol–water partition coefficient (Wildman–Crippen LogP) is 5.29. The molecule has 1 aliphatic rings. The number of unbranched alkanes of at least 4 members (excludes halogenated alkanes) is 2. The SMILES string of the molecule is CCCCCOc1ccc(C2/C(=C(\O)c3cccc(OC)c3)C(=O)C(=O)N2Cc2ccncc2)cc1OC. The smallest absolute Gasteiger partial charge is 0.295 e. The van der Waals surface area contributed by atoms with Gasteiger partial charge in [-0.05, 0) is 53.9 Å². The van der Waals surface area contributed by atoms with E-state index in [0.29, 0.717) is 35.0 Å². The highest BCUT2D eigenvalue weighted by Crippen LogP contribution is 2.43. The zero-order valence-electron chi connectivity index (χ0n) is 21.8. The van der Waals surface area contributed by atoms with Crippen molar-refractivity contribution in [2.45, 2.75) is 38.8 Å². The minimum Gasteiger partial charge on any atom is -0.507 e. The summed E-state index contributed by atoms with van der Waals surface area (Å²) in [6.07, 6.45) is 6.33. The quantitative estimate of drug-likeness (QED) is 0.160. The second-order valence-corrected chi connectivity index (χ2v) is 8.98. The topological polar surface area (TPSA) is 98.2 Å². The molecule has 0 aliphatic carbocycles. The number of ether oxygens (including phenoxy) is 3. The molecule has 38 heavy (non-hydrogen) atoms. The lowest BCUT2D eigenvalue weighted by atomic mass is 9.94. The second-order valence-electron chi connectivity index (χ2n) is 8.98. The number of ketones is 1. The van der Waals surface area contributed by atoms with Crippen molar-refractivity contribution in [3.8, 4) is 17.2 Å². The van der Waals surface area contributed by atoms with Crippen LogP contribution in [0.2, 0.25) is 0 Å². The molecule has 1 fully saturated rings. The average Bonchev–Trinajstić information content (AvgIpc) is 3.20. The number of aliphatic hydroxyl groups excluding tert-OH is 1. The summed E-state index contributed by atoms with van der Waals surface area (Å²) in [6.45, 7) is 2.84. The van der Waals surface area contributed by atoms with Crippen LogP contribution in [0.3, 0.4) is 0 Å². The van der Waals surface area contributed by atoms with Gasteiger partial charge in [0.25, 0.3) is 11.7 Å². The van der Waals surface area contributed by atoms with Crippen molar-refractivity contribution in [1.82, 2.24) is 9.88 Å². The van der Waals surface area contributed by atoms with E-state index in [1.807, 2.05) is 0 Å². The van der Waals surface area contributed by atoms with E-state index in [2.05, 4.69) is 11.9 Å². The van der Waals surface area contributed by atoms with E-state index in [0.717, 1.165) is 24.8 Å². The summed E-state index contributed by atoms with van der Waals surface area (Å²) in [7, 11) is 3.06. The Labute approximate surface area is 222 Å². The van der Waals surface area contributed by atoms with E-state index in [1.165, 1.54) is 12.0 Å². The fourth-order valence-electron chi connectivity index (χ4n) is 4.51. The molecule has 2 heterocycles. The predicted molar refractivity (Wildman–Crippen MR) is 143 cm³/mol. The zero-order valence-corrected chi connectivity index (χ0v) is 21.8. The van der Waals surface area contributed by atoms with Gasteiger partial charge in [-0.25, -0.2) is 0 Å². The van der Waals surface area contributed by atoms with Crippen molar-refractivity contribution >= 4 is 17.4 Å². The fourth-order valence-corrected chi connectivity index (χ4v) is 4.51. The Morgan fingerprint density at radius 3 is 2.47 bits per heavy atom. The third-order valence-electron chi connectivity index (χ3n) is 6.49. The number of likely N-dealkylation sites (tertiary alicyclic amines) is 1. The summed E-state index contributed by atoms with van der Waals surface area (Å²) in [5, 5.41) is 11.4. The first-order valence-corrected chi connectivity index (χ1v) is 12.6. The highest BCUT2D eigenvalue weighted by molar-refractivity contribution is 6.46. The van der Waals surface area contributed by atoms with Crippen LogP contribution in [-0.2, 0) is 16.1 Å². The largest absolute Gasteiger partial charge is 0.507 e.